The highest BCUT2D eigenvalue weighted by atomic mass is 79.9. The highest BCUT2D eigenvalue weighted by Gasteiger charge is 2.23. The lowest BCUT2D eigenvalue weighted by Gasteiger charge is -2.34. The van der Waals surface area contributed by atoms with Gasteiger partial charge in [-0.25, -0.2) is 0 Å². The van der Waals surface area contributed by atoms with Crippen molar-refractivity contribution < 1.29 is 13.9 Å². The fourth-order valence-electron chi connectivity index (χ4n) is 4.61. The second kappa shape index (κ2) is 12.0. The molecule has 1 N–H and O–H groups in total. The van der Waals surface area contributed by atoms with Crippen LogP contribution in [0.5, 0.6) is 0 Å². The number of rotatable bonds is 9. The van der Waals surface area contributed by atoms with Crippen LogP contribution in [-0.2, 0) is 17.8 Å². The zero-order valence-corrected chi connectivity index (χ0v) is 20.3. The summed E-state index contributed by atoms with van der Waals surface area (Å²) in [6.45, 7) is 6.46. The molecule has 0 unspecified atom stereocenters. The van der Waals surface area contributed by atoms with E-state index in [1.807, 2.05) is 6.07 Å². The van der Waals surface area contributed by atoms with Gasteiger partial charge in [0.25, 0.3) is 5.91 Å². The highest BCUT2D eigenvalue weighted by molar-refractivity contribution is 9.10. The maximum atomic E-state index is 12.5. The number of benzene rings is 1. The van der Waals surface area contributed by atoms with E-state index in [0.29, 0.717) is 18.3 Å². The largest absolute Gasteiger partial charge is 0.455 e. The summed E-state index contributed by atoms with van der Waals surface area (Å²) in [6, 6.07) is 12.9. The summed E-state index contributed by atoms with van der Waals surface area (Å²) in [7, 11) is 0. The van der Waals surface area contributed by atoms with Crippen molar-refractivity contribution in [2.24, 2.45) is 0 Å². The lowest BCUT2D eigenvalue weighted by Crippen LogP contribution is -2.41. The van der Waals surface area contributed by atoms with Gasteiger partial charge in [0.05, 0.1) is 19.8 Å². The lowest BCUT2D eigenvalue weighted by molar-refractivity contribution is 0.0382. The monoisotopic (exact) mass is 503 g/mol. The molecule has 0 atom stereocenters. The van der Waals surface area contributed by atoms with Crippen molar-refractivity contribution in [2.45, 2.75) is 51.2 Å². The average molecular weight is 504 g/mol. The SMILES string of the molecule is O=C(NCCN1CCOCC1)c1ccc(CN(Cc2ccc(Br)cc2)C2CCCCC2)o1. The maximum absolute atomic E-state index is 12.5. The summed E-state index contributed by atoms with van der Waals surface area (Å²) >= 11 is 3.52. The van der Waals surface area contributed by atoms with Gasteiger partial charge in [-0.2, -0.15) is 0 Å². The van der Waals surface area contributed by atoms with Crippen LogP contribution in [0.25, 0.3) is 0 Å². The topological polar surface area (TPSA) is 58.0 Å². The molecule has 0 radical (unpaired) electrons. The second-order valence-electron chi connectivity index (χ2n) is 8.80. The van der Waals surface area contributed by atoms with Crippen molar-refractivity contribution >= 4 is 21.8 Å². The van der Waals surface area contributed by atoms with Crippen LogP contribution in [0.4, 0.5) is 0 Å². The number of hydrogen-bond acceptors (Lipinski definition) is 5. The molecule has 2 heterocycles. The molecule has 1 saturated carbocycles. The molecule has 2 aliphatic rings. The van der Waals surface area contributed by atoms with Crippen molar-refractivity contribution in [3.8, 4) is 0 Å². The predicted octanol–water partition coefficient (Wildman–Crippen LogP) is 4.44. The van der Waals surface area contributed by atoms with Crippen LogP contribution in [0.15, 0.2) is 45.3 Å². The van der Waals surface area contributed by atoms with Gasteiger partial charge in [0.1, 0.15) is 5.76 Å². The van der Waals surface area contributed by atoms with Crippen molar-refractivity contribution in [1.29, 1.82) is 0 Å². The van der Waals surface area contributed by atoms with E-state index in [0.717, 1.165) is 56.2 Å². The maximum Gasteiger partial charge on any atom is 0.287 e. The molecule has 32 heavy (non-hydrogen) atoms. The van der Waals surface area contributed by atoms with E-state index in [-0.39, 0.29) is 5.91 Å². The molecule has 1 aromatic carbocycles. The molecule has 6 nitrogen and oxygen atoms in total. The Morgan fingerprint density at radius 1 is 1.03 bits per heavy atom. The summed E-state index contributed by atoms with van der Waals surface area (Å²) in [5, 5.41) is 2.99. The van der Waals surface area contributed by atoms with Crippen LogP contribution in [0.3, 0.4) is 0 Å². The molecule has 0 bridgehead atoms. The first-order valence-electron chi connectivity index (χ1n) is 11.8. The normalized spacial score (nSPS) is 18.2. The van der Waals surface area contributed by atoms with E-state index in [4.69, 9.17) is 9.15 Å². The van der Waals surface area contributed by atoms with Crippen LogP contribution in [0, 0.1) is 0 Å². The molecule has 1 aromatic heterocycles. The van der Waals surface area contributed by atoms with Crippen LogP contribution >= 0.6 is 15.9 Å². The first kappa shape index (κ1) is 23.5. The van der Waals surface area contributed by atoms with Crippen LogP contribution in [-0.4, -0.2) is 61.1 Å². The van der Waals surface area contributed by atoms with E-state index in [1.165, 1.54) is 37.7 Å². The van der Waals surface area contributed by atoms with Gasteiger partial charge < -0.3 is 14.5 Å². The third-order valence-corrected chi connectivity index (χ3v) is 6.98. The van der Waals surface area contributed by atoms with Crippen molar-refractivity contribution in [2.75, 3.05) is 39.4 Å². The number of morpholine rings is 1. The zero-order chi connectivity index (χ0) is 22.2. The van der Waals surface area contributed by atoms with Gasteiger partial charge in [0.15, 0.2) is 5.76 Å². The minimum Gasteiger partial charge on any atom is -0.455 e. The lowest BCUT2D eigenvalue weighted by atomic mass is 9.93. The Bertz CT molecular complexity index is 842. The number of nitrogens with zero attached hydrogens (tertiary/aromatic N) is 2. The van der Waals surface area contributed by atoms with Gasteiger partial charge in [-0.3, -0.25) is 14.6 Å². The number of hydrogen-bond donors (Lipinski definition) is 1. The third kappa shape index (κ3) is 6.91. The second-order valence-corrected chi connectivity index (χ2v) is 9.71. The summed E-state index contributed by atoms with van der Waals surface area (Å²) < 4.78 is 12.4. The zero-order valence-electron chi connectivity index (χ0n) is 18.7. The summed E-state index contributed by atoms with van der Waals surface area (Å²) in [4.78, 5) is 17.4. The van der Waals surface area contributed by atoms with Crippen molar-refractivity contribution in [1.82, 2.24) is 15.1 Å². The third-order valence-electron chi connectivity index (χ3n) is 6.45. The van der Waals surface area contributed by atoms with E-state index < -0.39 is 0 Å². The number of ether oxygens (including phenoxy) is 1. The number of amides is 1. The van der Waals surface area contributed by atoms with E-state index in [9.17, 15) is 4.79 Å². The van der Waals surface area contributed by atoms with Crippen molar-refractivity contribution in [3.63, 3.8) is 0 Å². The Hall–Kier alpha value is -1.67. The molecule has 2 aromatic rings. The van der Waals surface area contributed by atoms with Gasteiger partial charge in [0, 0.05) is 43.2 Å². The molecular formula is C25H34BrN3O3. The fraction of sp³-hybridized carbons (Fsp3) is 0.560. The van der Waals surface area contributed by atoms with E-state index in [2.05, 4.69) is 55.3 Å². The molecule has 1 amide bonds. The number of nitrogens with one attached hydrogen (secondary N) is 1. The minimum absolute atomic E-state index is 0.137. The van der Waals surface area contributed by atoms with Gasteiger partial charge in [-0.1, -0.05) is 47.3 Å². The van der Waals surface area contributed by atoms with Crippen LogP contribution in [0.2, 0.25) is 0 Å². The first-order valence-corrected chi connectivity index (χ1v) is 12.6. The number of furan rings is 1. The Morgan fingerprint density at radius 2 is 1.78 bits per heavy atom. The van der Waals surface area contributed by atoms with E-state index >= 15 is 0 Å². The smallest absolute Gasteiger partial charge is 0.287 e. The standard InChI is InChI=1S/C25H34BrN3O3/c26-21-8-6-20(7-9-21)18-29(22-4-2-1-3-5-22)19-23-10-11-24(32-23)25(30)27-12-13-28-14-16-31-17-15-28/h6-11,22H,1-5,12-19H2,(H,27,30). The molecule has 2 fully saturated rings. The number of halogens is 1. The Labute approximate surface area is 199 Å². The van der Waals surface area contributed by atoms with Crippen LogP contribution < -0.4 is 5.32 Å². The molecule has 174 valence electrons. The Kier molecular flexibility index (Phi) is 8.79. The average Bonchev–Trinajstić information content (AvgIpc) is 3.30. The molecule has 4 rings (SSSR count). The Balaban J connectivity index is 1.33. The van der Waals surface area contributed by atoms with Gasteiger partial charge in [0.2, 0.25) is 0 Å². The van der Waals surface area contributed by atoms with Gasteiger partial charge in [-0.15, -0.1) is 0 Å². The fourth-order valence-corrected chi connectivity index (χ4v) is 4.87. The molecule has 1 saturated heterocycles. The molecule has 1 aliphatic heterocycles. The summed E-state index contributed by atoms with van der Waals surface area (Å²) in [6.07, 6.45) is 6.36. The molecule has 1 aliphatic carbocycles. The van der Waals surface area contributed by atoms with Crippen LogP contribution in [0.1, 0.15) is 54.0 Å². The predicted molar refractivity (Wildman–Crippen MR) is 129 cm³/mol. The highest BCUT2D eigenvalue weighted by Crippen LogP contribution is 2.26. The quantitative estimate of drug-likeness (QED) is 0.548. The van der Waals surface area contributed by atoms with Crippen molar-refractivity contribution in [3.05, 3.63) is 58.0 Å². The summed E-state index contributed by atoms with van der Waals surface area (Å²) in [5.41, 5.74) is 1.30. The number of carbonyl (C=O) groups is 1. The van der Waals surface area contributed by atoms with E-state index in [1.54, 1.807) is 6.07 Å². The minimum atomic E-state index is -0.137. The summed E-state index contributed by atoms with van der Waals surface area (Å²) in [5.74, 6) is 1.11. The van der Waals surface area contributed by atoms with Gasteiger partial charge >= 0.3 is 0 Å². The molecular weight excluding hydrogens is 470 g/mol. The first-order chi connectivity index (χ1) is 15.7. The Morgan fingerprint density at radius 3 is 2.53 bits per heavy atom. The molecule has 0 spiro atoms. The number of carbonyl (C=O) groups excluding carboxylic acids is 1. The van der Waals surface area contributed by atoms with Gasteiger partial charge in [-0.05, 0) is 42.7 Å². The molecule has 7 heteroatoms.